The van der Waals surface area contributed by atoms with Gasteiger partial charge in [0, 0.05) is 30.8 Å². The zero-order valence-electron chi connectivity index (χ0n) is 15.4. The normalized spacial score (nSPS) is 17.4. The number of piperidine rings is 1. The Labute approximate surface area is 158 Å². The Kier molecular flexibility index (Phi) is 5.65. The molecule has 0 aliphatic carbocycles. The van der Waals surface area contributed by atoms with E-state index in [2.05, 4.69) is 16.5 Å². The Morgan fingerprint density at radius 3 is 2.81 bits per heavy atom. The van der Waals surface area contributed by atoms with Gasteiger partial charge in [0.25, 0.3) is 0 Å². The van der Waals surface area contributed by atoms with Crippen molar-refractivity contribution in [3.63, 3.8) is 0 Å². The molecule has 142 valence electrons. The third-order valence-electron chi connectivity index (χ3n) is 4.96. The highest BCUT2D eigenvalue weighted by molar-refractivity contribution is 5.77. The predicted octanol–water partition coefficient (Wildman–Crippen LogP) is 3.32. The molecule has 27 heavy (non-hydrogen) atoms. The average Bonchev–Trinajstić information content (AvgIpc) is 2.68. The van der Waals surface area contributed by atoms with Crippen molar-refractivity contribution in [3.8, 4) is 11.3 Å². The summed E-state index contributed by atoms with van der Waals surface area (Å²) in [7, 11) is 0. The van der Waals surface area contributed by atoms with Crippen LogP contribution >= 0.6 is 0 Å². The van der Waals surface area contributed by atoms with E-state index in [9.17, 15) is 14.3 Å². The number of aliphatic hydroxyl groups is 1. The van der Waals surface area contributed by atoms with E-state index in [0.717, 1.165) is 24.2 Å². The van der Waals surface area contributed by atoms with Crippen LogP contribution in [-0.2, 0) is 4.79 Å². The van der Waals surface area contributed by atoms with E-state index in [0.29, 0.717) is 18.8 Å². The molecular weight excluding hydrogens is 345 g/mol. The number of hydrogen-bond donors (Lipinski definition) is 1. The van der Waals surface area contributed by atoms with Crippen molar-refractivity contribution >= 4 is 5.91 Å². The SMILES string of the molecule is C=CC(C)(O)CC(=O)N1CCC(c2nccc(-c3cccc(F)c3)n2)CC1. The fourth-order valence-electron chi connectivity index (χ4n) is 3.26. The maximum atomic E-state index is 13.5. The molecule has 1 fully saturated rings. The highest BCUT2D eigenvalue weighted by atomic mass is 19.1. The minimum atomic E-state index is -1.18. The maximum absolute atomic E-state index is 13.5. The Balaban J connectivity index is 1.65. The van der Waals surface area contributed by atoms with Gasteiger partial charge >= 0.3 is 0 Å². The van der Waals surface area contributed by atoms with Crippen molar-refractivity contribution in [2.24, 2.45) is 0 Å². The number of nitrogens with zero attached hydrogens (tertiary/aromatic N) is 3. The molecule has 1 amide bonds. The lowest BCUT2D eigenvalue weighted by Crippen LogP contribution is -2.41. The lowest BCUT2D eigenvalue weighted by Gasteiger charge is -2.33. The van der Waals surface area contributed by atoms with Crippen LogP contribution in [0.25, 0.3) is 11.3 Å². The molecule has 0 bridgehead atoms. The molecule has 6 heteroatoms. The second-order valence-electron chi connectivity index (χ2n) is 7.20. The fraction of sp³-hybridized carbons (Fsp3) is 0.381. The Morgan fingerprint density at radius 1 is 1.41 bits per heavy atom. The summed E-state index contributed by atoms with van der Waals surface area (Å²) in [6.45, 7) is 6.34. The summed E-state index contributed by atoms with van der Waals surface area (Å²) in [6, 6.07) is 8.12. The Bertz CT molecular complexity index is 830. The van der Waals surface area contributed by atoms with Gasteiger partial charge in [0.1, 0.15) is 11.6 Å². The van der Waals surface area contributed by atoms with Gasteiger partial charge in [0.15, 0.2) is 0 Å². The fourth-order valence-corrected chi connectivity index (χ4v) is 3.26. The van der Waals surface area contributed by atoms with Gasteiger partial charge in [-0.1, -0.05) is 18.2 Å². The zero-order chi connectivity index (χ0) is 19.4. The van der Waals surface area contributed by atoms with Gasteiger partial charge < -0.3 is 10.0 Å². The number of rotatable bonds is 5. The molecule has 1 N–H and O–H groups in total. The molecule has 1 unspecified atom stereocenters. The largest absolute Gasteiger partial charge is 0.386 e. The lowest BCUT2D eigenvalue weighted by atomic mass is 9.94. The first-order valence-electron chi connectivity index (χ1n) is 9.10. The molecule has 1 saturated heterocycles. The van der Waals surface area contributed by atoms with Gasteiger partial charge in [-0.05, 0) is 38.0 Å². The summed E-state index contributed by atoms with van der Waals surface area (Å²) in [6.07, 6.45) is 4.64. The second-order valence-corrected chi connectivity index (χ2v) is 7.20. The van der Waals surface area contributed by atoms with Crippen LogP contribution in [0.1, 0.15) is 37.9 Å². The predicted molar refractivity (Wildman–Crippen MR) is 101 cm³/mol. The van der Waals surface area contributed by atoms with Crippen molar-refractivity contribution in [1.82, 2.24) is 14.9 Å². The van der Waals surface area contributed by atoms with Gasteiger partial charge in [-0.2, -0.15) is 0 Å². The van der Waals surface area contributed by atoms with Crippen LogP contribution in [0.5, 0.6) is 0 Å². The summed E-state index contributed by atoms with van der Waals surface area (Å²) in [4.78, 5) is 23.1. The number of carbonyl (C=O) groups excluding carboxylic acids is 1. The lowest BCUT2D eigenvalue weighted by molar-refractivity contribution is -0.135. The molecule has 5 nitrogen and oxygen atoms in total. The number of aromatic nitrogens is 2. The summed E-state index contributed by atoms with van der Waals surface area (Å²) in [5.41, 5.74) is 0.231. The van der Waals surface area contributed by atoms with E-state index in [1.165, 1.54) is 18.2 Å². The van der Waals surface area contributed by atoms with Gasteiger partial charge in [-0.3, -0.25) is 4.79 Å². The summed E-state index contributed by atoms with van der Waals surface area (Å²) in [5.74, 6) is 0.507. The van der Waals surface area contributed by atoms with Crippen molar-refractivity contribution in [3.05, 3.63) is 60.8 Å². The van der Waals surface area contributed by atoms with Crippen molar-refractivity contribution in [2.45, 2.75) is 37.7 Å². The molecular formula is C21H24FN3O2. The molecule has 1 atom stereocenters. The highest BCUT2D eigenvalue weighted by Crippen LogP contribution is 2.28. The molecule has 2 heterocycles. The number of hydrogen-bond acceptors (Lipinski definition) is 4. The van der Waals surface area contributed by atoms with Gasteiger partial charge in [0.2, 0.25) is 5.91 Å². The number of likely N-dealkylation sites (tertiary alicyclic amines) is 1. The van der Waals surface area contributed by atoms with Crippen LogP contribution in [0.2, 0.25) is 0 Å². The quantitative estimate of drug-likeness (QED) is 0.821. The van der Waals surface area contributed by atoms with E-state index in [4.69, 9.17) is 0 Å². The summed E-state index contributed by atoms with van der Waals surface area (Å²) < 4.78 is 13.5. The number of benzene rings is 1. The minimum absolute atomic E-state index is 0.0344. The summed E-state index contributed by atoms with van der Waals surface area (Å²) >= 11 is 0. The minimum Gasteiger partial charge on any atom is -0.386 e. The molecule has 3 rings (SSSR count). The third kappa shape index (κ3) is 4.77. The number of halogens is 1. The van der Waals surface area contributed by atoms with Crippen LogP contribution < -0.4 is 0 Å². The van der Waals surface area contributed by atoms with Crippen molar-refractivity contribution in [2.75, 3.05) is 13.1 Å². The Hall–Kier alpha value is -2.60. The zero-order valence-corrected chi connectivity index (χ0v) is 15.4. The topological polar surface area (TPSA) is 66.3 Å². The van der Waals surface area contributed by atoms with E-state index in [1.807, 2.05) is 6.07 Å². The molecule has 2 aromatic rings. The summed E-state index contributed by atoms with van der Waals surface area (Å²) in [5, 5.41) is 10.0. The molecule has 1 aromatic carbocycles. The average molecular weight is 369 g/mol. The van der Waals surface area contributed by atoms with Gasteiger partial charge in [-0.15, -0.1) is 6.58 Å². The standard InChI is InChI=1S/C21H24FN3O2/c1-3-21(2,27)14-19(26)25-11-8-15(9-12-25)20-23-10-7-18(24-20)16-5-4-6-17(22)13-16/h3-7,10,13,15,27H,1,8-9,11-12,14H2,2H3. The molecule has 1 aromatic heterocycles. The highest BCUT2D eigenvalue weighted by Gasteiger charge is 2.29. The van der Waals surface area contributed by atoms with E-state index in [1.54, 1.807) is 30.2 Å². The van der Waals surface area contributed by atoms with E-state index in [-0.39, 0.29) is 24.1 Å². The first kappa shape index (κ1) is 19.2. The third-order valence-corrected chi connectivity index (χ3v) is 4.96. The maximum Gasteiger partial charge on any atom is 0.225 e. The number of carbonyl (C=O) groups is 1. The van der Waals surface area contributed by atoms with Gasteiger partial charge in [0.05, 0.1) is 17.7 Å². The molecule has 1 aliphatic rings. The van der Waals surface area contributed by atoms with Crippen LogP contribution in [0, 0.1) is 5.82 Å². The van der Waals surface area contributed by atoms with Crippen molar-refractivity contribution < 1.29 is 14.3 Å². The van der Waals surface area contributed by atoms with E-state index >= 15 is 0 Å². The first-order chi connectivity index (χ1) is 12.9. The monoisotopic (exact) mass is 369 g/mol. The van der Waals surface area contributed by atoms with Crippen LogP contribution in [0.3, 0.4) is 0 Å². The van der Waals surface area contributed by atoms with Crippen LogP contribution in [-0.4, -0.2) is 44.6 Å². The molecule has 1 aliphatic heterocycles. The van der Waals surface area contributed by atoms with Crippen LogP contribution in [0.15, 0.2) is 49.2 Å². The second kappa shape index (κ2) is 7.96. The molecule has 0 spiro atoms. The van der Waals surface area contributed by atoms with E-state index < -0.39 is 5.60 Å². The van der Waals surface area contributed by atoms with Crippen molar-refractivity contribution in [1.29, 1.82) is 0 Å². The first-order valence-corrected chi connectivity index (χ1v) is 9.10. The smallest absolute Gasteiger partial charge is 0.225 e. The Morgan fingerprint density at radius 2 is 2.15 bits per heavy atom. The molecule has 0 radical (unpaired) electrons. The number of amides is 1. The molecule has 0 saturated carbocycles. The van der Waals surface area contributed by atoms with Crippen LogP contribution in [0.4, 0.5) is 4.39 Å². The van der Waals surface area contributed by atoms with Gasteiger partial charge in [-0.25, -0.2) is 14.4 Å².